The van der Waals surface area contributed by atoms with Gasteiger partial charge in [-0.1, -0.05) is 13.0 Å². The van der Waals surface area contributed by atoms with Crippen molar-refractivity contribution < 1.29 is 12.8 Å². The Morgan fingerprint density at radius 2 is 2.20 bits per heavy atom. The molecule has 1 aromatic rings. The molecule has 0 aliphatic carbocycles. The molecule has 0 aliphatic heterocycles. The van der Waals surface area contributed by atoms with Crippen LogP contribution in [0.25, 0.3) is 0 Å². The molecule has 1 heterocycles. The number of sulfonamides is 1. The van der Waals surface area contributed by atoms with Gasteiger partial charge in [-0.05, 0) is 18.1 Å². The summed E-state index contributed by atoms with van der Waals surface area (Å²) in [5, 5.41) is 0. The van der Waals surface area contributed by atoms with E-state index < -0.39 is 16.0 Å². The van der Waals surface area contributed by atoms with Crippen molar-refractivity contribution in [2.24, 2.45) is 0 Å². The zero-order valence-electron chi connectivity index (χ0n) is 8.57. The lowest BCUT2D eigenvalue weighted by atomic mass is 10.1. The lowest BCUT2D eigenvalue weighted by Gasteiger charge is -2.15. The largest absolute Gasteiger partial charge is 0.228 e. The number of hydrogen-bond acceptors (Lipinski definition) is 3. The second kappa shape index (κ2) is 4.67. The lowest BCUT2D eigenvalue weighted by molar-refractivity contribution is 0.549. The fraction of sp³-hybridized carbons (Fsp3) is 0.444. The molecule has 1 aromatic heterocycles. The predicted molar refractivity (Wildman–Crippen MR) is 55.2 cm³/mol. The van der Waals surface area contributed by atoms with Crippen molar-refractivity contribution in [2.75, 3.05) is 6.26 Å². The average molecular weight is 232 g/mol. The van der Waals surface area contributed by atoms with Gasteiger partial charge in [0, 0.05) is 12.2 Å². The Balaban J connectivity index is 2.88. The van der Waals surface area contributed by atoms with Crippen molar-refractivity contribution in [2.45, 2.75) is 19.4 Å². The van der Waals surface area contributed by atoms with Crippen molar-refractivity contribution in [3.05, 3.63) is 29.8 Å². The SMILES string of the molecule is CCC(NS(C)(=O)=O)c1ccc(F)nc1. The van der Waals surface area contributed by atoms with Crippen molar-refractivity contribution in [1.29, 1.82) is 0 Å². The van der Waals surface area contributed by atoms with Gasteiger partial charge in [-0.2, -0.15) is 4.39 Å². The summed E-state index contributed by atoms with van der Waals surface area (Å²) in [6.45, 7) is 1.84. The number of nitrogens with zero attached hydrogens (tertiary/aromatic N) is 1. The predicted octanol–water partition coefficient (Wildman–Crippen LogP) is 1.22. The smallest absolute Gasteiger partial charge is 0.212 e. The minimum atomic E-state index is -3.27. The molecule has 84 valence electrons. The van der Waals surface area contributed by atoms with Gasteiger partial charge in [0.05, 0.1) is 6.26 Å². The summed E-state index contributed by atoms with van der Waals surface area (Å²) in [4.78, 5) is 3.48. The molecule has 0 saturated carbocycles. The van der Waals surface area contributed by atoms with E-state index in [4.69, 9.17) is 0 Å². The molecule has 0 radical (unpaired) electrons. The van der Waals surface area contributed by atoms with Crippen LogP contribution < -0.4 is 4.72 Å². The first kappa shape index (κ1) is 12.1. The highest BCUT2D eigenvalue weighted by atomic mass is 32.2. The number of halogens is 1. The minimum absolute atomic E-state index is 0.354. The molecule has 0 aliphatic rings. The molecule has 0 fully saturated rings. The van der Waals surface area contributed by atoms with Crippen LogP contribution >= 0.6 is 0 Å². The summed E-state index contributed by atoms with van der Waals surface area (Å²) in [6, 6.07) is 2.38. The van der Waals surface area contributed by atoms with Crippen LogP contribution in [0.3, 0.4) is 0 Å². The van der Waals surface area contributed by atoms with Gasteiger partial charge in [-0.3, -0.25) is 0 Å². The zero-order valence-corrected chi connectivity index (χ0v) is 9.38. The van der Waals surface area contributed by atoms with E-state index in [2.05, 4.69) is 9.71 Å². The van der Waals surface area contributed by atoms with Gasteiger partial charge in [0.1, 0.15) is 0 Å². The zero-order chi connectivity index (χ0) is 11.5. The molecule has 1 N–H and O–H groups in total. The number of aromatic nitrogens is 1. The van der Waals surface area contributed by atoms with Crippen molar-refractivity contribution in [1.82, 2.24) is 9.71 Å². The third kappa shape index (κ3) is 3.93. The average Bonchev–Trinajstić information content (AvgIpc) is 2.14. The van der Waals surface area contributed by atoms with Gasteiger partial charge >= 0.3 is 0 Å². The molecular weight excluding hydrogens is 219 g/mol. The van der Waals surface area contributed by atoms with E-state index in [0.29, 0.717) is 12.0 Å². The van der Waals surface area contributed by atoms with Gasteiger partial charge in [-0.25, -0.2) is 18.1 Å². The molecule has 1 atom stereocenters. The van der Waals surface area contributed by atoms with E-state index in [1.165, 1.54) is 18.3 Å². The van der Waals surface area contributed by atoms with Crippen LogP contribution in [0, 0.1) is 5.95 Å². The van der Waals surface area contributed by atoms with Crippen LogP contribution in [-0.4, -0.2) is 19.7 Å². The van der Waals surface area contributed by atoms with Gasteiger partial charge in [0.2, 0.25) is 16.0 Å². The van der Waals surface area contributed by atoms with E-state index in [9.17, 15) is 12.8 Å². The molecule has 1 unspecified atom stereocenters. The quantitative estimate of drug-likeness (QED) is 0.794. The normalized spacial score (nSPS) is 13.8. The Kier molecular flexibility index (Phi) is 3.76. The molecule has 4 nitrogen and oxygen atoms in total. The van der Waals surface area contributed by atoms with Crippen LogP contribution in [0.2, 0.25) is 0 Å². The number of rotatable bonds is 4. The van der Waals surface area contributed by atoms with Gasteiger partial charge in [0.25, 0.3) is 0 Å². The molecule has 0 bridgehead atoms. The highest BCUT2D eigenvalue weighted by Crippen LogP contribution is 2.16. The third-order valence-corrected chi connectivity index (χ3v) is 2.63. The maximum atomic E-state index is 12.5. The molecule has 1 rings (SSSR count). The Bertz CT molecular complexity index is 416. The van der Waals surface area contributed by atoms with Crippen LogP contribution in [0.5, 0.6) is 0 Å². The monoisotopic (exact) mass is 232 g/mol. The summed E-state index contributed by atoms with van der Waals surface area (Å²) in [7, 11) is -3.27. The Labute approximate surface area is 88.6 Å². The number of hydrogen-bond donors (Lipinski definition) is 1. The maximum absolute atomic E-state index is 12.5. The first-order valence-corrected chi connectivity index (χ1v) is 6.40. The molecular formula is C9H13FN2O2S. The van der Waals surface area contributed by atoms with Gasteiger partial charge in [0.15, 0.2) is 0 Å². The standard InChI is InChI=1S/C9H13FN2O2S/c1-3-8(12-15(2,13)14)7-4-5-9(10)11-6-7/h4-6,8,12H,3H2,1-2H3. The van der Waals surface area contributed by atoms with Crippen LogP contribution in [0.1, 0.15) is 24.9 Å². The Morgan fingerprint density at radius 3 is 2.60 bits per heavy atom. The second-order valence-corrected chi connectivity index (χ2v) is 5.05. The molecule has 0 spiro atoms. The molecule has 15 heavy (non-hydrogen) atoms. The topological polar surface area (TPSA) is 59.1 Å². The summed E-state index contributed by atoms with van der Waals surface area (Å²) in [5.74, 6) is -0.576. The molecule has 0 amide bonds. The lowest BCUT2D eigenvalue weighted by Crippen LogP contribution is -2.27. The van der Waals surface area contributed by atoms with E-state index in [0.717, 1.165) is 6.26 Å². The fourth-order valence-corrected chi connectivity index (χ4v) is 2.06. The molecule has 0 aromatic carbocycles. The van der Waals surface area contributed by atoms with E-state index in [1.54, 1.807) is 0 Å². The summed E-state index contributed by atoms with van der Waals surface area (Å²) in [6.07, 6.45) is 3.01. The first-order valence-electron chi connectivity index (χ1n) is 4.51. The molecule has 6 heteroatoms. The highest BCUT2D eigenvalue weighted by Gasteiger charge is 2.14. The second-order valence-electron chi connectivity index (χ2n) is 3.27. The summed E-state index contributed by atoms with van der Waals surface area (Å²) >= 11 is 0. The highest BCUT2D eigenvalue weighted by molar-refractivity contribution is 7.88. The van der Waals surface area contributed by atoms with Crippen molar-refractivity contribution in [3.8, 4) is 0 Å². The fourth-order valence-electron chi connectivity index (χ4n) is 1.24. The third-order valence-electron chi connectivity index (χ3n) is 1.92. The van der Waals surface area contributed by atoms with Gasteiger partial charge in [-0.15, -0.1) is 0 Å². The van der Waals surface area contributed by atoms with Crippen LogP contribution in [-0.2, 0) is 10.0 Å². The Morgan fingerprint density at radius 1 is 1.53 bits per heavy atom. The Hall–Kier alpha value is -1.01. The molecule has 0 saturated heterocycles. The number of nitrogens with one attached hydrogen (secondary N) is 1. The van der Waals surface area contributed by atoms with Gasteiger partial charge < -0.3 is 0 Å². The van der Waals surface area contributed by atoms with Crippen molar-refractivity contribution in [3.63, 3.8) is 0 Å². The first-order chi connectivity index (χ1) is 6.92. The summed E-state index contributed by atoms with van der Waals surface area (Å²) in [5.41, 5.74) is 0.657. The number of pyridine rings is 1. The summed E-state index contributed by atoms with van der Waals surface area (Å²) < 4.78 is 37.1. The van der Waals surface area contributed by atoms with Crippen LogP contribution in [0.15, 0.2) is 18.3 Å². The maximum Gasteiger partial charge on any atom is 0.212 e. The van der Waals surface area contributed by atoms with Crippen molar-refractivity contribution >= 4 is 10.0 Å². The van der Waals surface area contributed by atoms with Crippen LogP contribution in [0.4, 0.5) is 4.39 Å². The van der Waals surface area contributed by atoms with E-state index in [-0.39, 0.29) is 6.04 Å². The minimum Gasteiger partial charge on any atom is -0.228 e. The van der Waals surface area contributed by atoms with E-state index >= 15 is 0 Å². The van der Waals surface area contributed by atoms with E-state index in [1.807, 2.05) is 6.92 Å².